The first-order valence-corrected chi connectivity index (χ1v) is 11.0. The van der Waals surface area contributed by atoms with Crippen molar-refractivity contribution in [1.82, 2.24) is 25.3 Å². The molecule has 0 saturated carbocycles. The molecule has 2 rings (SSSR count). The molecule has 1 fully saturated rings. The number of urea groups is 1. The van der Waals surface area contributed by atoms with Crippen molar-refractivity contribution in [3.8, 4) is 0 Å². The Hall–Kier alpha value is -3.09. The summed E-state index contributed by atoms with van der Waals surface area (Å²) >= 11 is 0. The molecule has 0 bridgehead atoms. The highest BCUT2D eigenvalue weighted by molar-refractivity contribution is 5.80. The van der Waals surface area contributed by atoms with E-state index in [1.54, 1.807) is 12.2 Å². The van der Waals surface area contributed by atoms with Crippen LogP contribution in [0, 0.1) is 0 Å². The van der Waals surface area contributed by atoms with Crippen LogP contribution in [-0.2, 0) is 0 Å². The predicted octanol–water partition coefficient (Wildman–Crippen LogP) is 4.26. The Labute approximate surface area is 193 Å². The van der Waals surface area contributed by atoms with Crippen LogP contribution in [0.15, 0.2) is 31.9 Å². The summed E-state index contributed by atoms with van der Waals surface area (Å²) in [7, 11) is 5.95. The third kappa shape index (κ3) is 5.78. The van der Waals surface area contributed by atoms with Gasteiger partial charge in [-0.2, -0.15) is 0 Å². The van der Waals surface area contributed by atoms with E-state index in [1.807, 2.05) is 63.9 Å². The normalized spacial score (nSPS) is 15.2. The van der Waals surface area contributed by atoms with Crippen LogP contribution in [0.1, 0.15) is 50.4 Å². The number of likely N-dealkylation sites (tertiary alicyclic amines) is 1. The van der Waals surface area contributed by atoms with Crippen molar-refractivity contribution in [3.05, 3.63) is 48.7 Å². The molecule has 1 aromatic rings. The molecule has 0 aromatic carbocycles. The van der Waals surface area contributed by atoms with Crippen molar-refractivity contribution in [1.29, 1.82) is 0 Å². The zero-order valence-corrected chi connectivity index (χ0v) is 20.5. The summed E-state index contributed by atoms with van der Waals surface area (Å²) in [5, 5.41) is 12.2. The van der Waals surface area contributed by atoms with Crippen molar-refractivity contribution in [2.75, 3.05) is 39.1 Å². The average molecular weight is 439 g/mol. The molecule has 1 saturated heterocycles. The maximum absolute atomic E-state index is 12.5. The summed E-state index contributed by atoms with van der Waals surface area (Å²) in [6, 6.07) is 0.246. The number of rotatable bonds is 7. The van der Waals surface area contributed by atoms with Crippen LogP contribution in [0.25, 0.3) is 17.8 Å². The monoisotopic (exact) mass is 438 g/mol. The van der Waals surface area contributed by atoms with E-state index in [0.717, 1.165) is 41.2 Å². The summed E-state index contributed by atoms with van der Waals surface area (Å²) in [6.07, 6.45) is 8.98. The number of piperidine rings is 1. The Morgan fingerprint density at radius 2 is 1.66 bits per heavy atom. The van der Waals surface area contributed by atoms with E-state index < -0.39 is 0 Å². The summed E-state index contributed by atoms with van der Waals surface area (Å²) in [5.41, 5.74) is 3.19. The van der Waals surface area contributed by atoms with Crippen LogP contribution in [0.3, 0.4) is 0 Å². The first-order chi connectivity index (χ1) is 15.0. The topological polar surface area (TPSA) is 64.6 Å². The third-order valence-electron chi connectivity index (χ3n) is 5.55. The minimum absolute atomic E-state index is 0.00584. The van der Waals surface area contributed by atoms with E-state index in [0.29, 0.717) is 13.1 Å². The van der Waals surface area contributed by atoms with E-state index in [9.17, 15) is 4.79 Å². The van der Waals surface area contributed by atoms with Crippen molar-refractivity contribution in [3.63, 3.8) is 0 Å². The highest BCUT2D eigenvalue weighted by atomic mass is 16.2. The first kappa shape index (κ1) is 25.2. The van der Waals surface area contributed by atoms with Crippen LogP contribution >= 0.6 is 0 Å². The second kappa shape index (κ2) is 10.5. The lowest BCUT2D eigenvalue weighted by molar-refractivity contribution is 0.172. The molecule has 0 aliphatic carbocycles. The maximum atomic E-state index is 12.5. The van der Waals surface area contributed by atoms with Gasteiger partial charge in [-0.1, -0.05) is 38.0 Å². The maximum Gasteiger partial charge on any atom is 0.317 e. The molecule has 2 amide bonds. The summed E-state index contributed by atoms with van der Waals surface area (Å²) < 4.78 is 0. The highest BCUT2D eigenvalue weighted by Crippen LogP contribution is 2.31. The Bertz CT molecular complexity index is 888. The van der Waals surface area contributed by atoms with Gasteiger partial charge in [0.25, 0.3) is 0 Å². The number of carbonyl (C=O) groups excluding carboxylic acids is 1. The van der Waals surface area contributed by atoms with Crippen LogP contribution in [0.5, 0.6) is 0 Å². The second-order valence-electron chi connectivity index (χ2n) is 9.30. The van der Waals surface area contributed by atoms with E-state index >= 15 is 0 Å². The lowest BCUT2D eigenvalue weighted by atomic mass is 10.0. The lowest BCUT2D eigenvalue weighted by Gasteiger charge is -2.38. The molecule has 0 spiro atoms. The molecule has 1 aliphatic rings. The molecule has 2 heterocycles. The van der Waals surface area contributed by atoms with Crippen LogP contribution in [0.2, 0.25) is 0 Å². The van der Waals surface area contributed by atoms with Gasteiger partial charge in [0.2, 0.25) is 0 Å². The number of hydrogen-bond acceptors (Lipinski definition) is 5. The van der Waals surface area contributed by atoms with Gasteiger partial charge in [0.1, 0.15) is 5.69 Å². The number of carbonyl (C=O) groups is 1. The Morgan fingerprint density at radius 3 is 2.12 bits per heavy atom. The Kier molecular flexibility index (Phi) is 8.25. The third-order valence-corrected chi connectivity index (χ3v) is 5.55. The Balaban J connectivity index is 2.28. The standard InChI is InChI=1S/C25H38N6O/c1-10-13-21(29(7)8)22-19(11-2)20(12-3)23(28-27-22)30(9)18-14-16-31(17-15-18)24(32)26-25(4,5)6/h10-13,18H,1-3,14-17H2,4-9H3,(H,26,32)/b21-13-. The van der Waals surface area contributed by atoms with Gasteiger partial charge in [-0.3, -0.25) is 0 Å². The van der Waals surface area contributed by atoms with Crippen LogP contribution in [0.4, 0.5) is 10.6 Å². The largest absolute Gasteiger partial charge is 0.376 e. The van der Waals surface area contributed by atoms with Gasteiger partial charge in [-0.25, -0.2) is 4.79 Å². The van der Waals surface area contributed by atoms with Gasteiger partial charge < -0.3 is 20.0 Å². The van der Waals surface area contributed by atoms with Crippen molar-refractivity contribution < 1.29 is 4.79 Å². The minimum Gasteiger partial charge on any atom is -0.376 e. The molecule has 1 N–H and O–H groups in total. The molecule has 174 valence electrons. The molecular weight excluding hydrogens is 400 g/mol. The first-order valence-electron chi connectivity index (χ1n) is 11.0. The van der Waals surface area contributed by atoms with Crippen LogP contribution < -0.4 is 10.2 Å². The van der Waals surface area contributed by atoms with Crippen molar-refractivity contribution >= 4 is 29.7 Å². The number of hydrogen-bond donors (Lipinski definition) is 1. The summed E-state index contributed by atoms with van der Waals surface area (Å²) in [4.78, 5) is 18.5. The van der Waals surface area contributed by atoms with Gasteiger partial charge in [-0.15, -0.1) is 10.2 Å². The van der Waals surface area contributed by atoms with E-state index in [1.165, 1.54) is 0 Å². The number of aromatic nitrogens is 2. The Morgan fingerprint density at radius 1 is 1.06 bits per heavy atom. The van der Waals surface area contributed by atoms with E-state index in [2.05, 4.69) is 40.2 Å². The zero-order valence-electron chi connectivity index (χ0n) is 20.5. The average Bonchev–Trinajstić information content (AvgIpc) is 2.74. The fourth-order valence-electron chi connectivity index (χ4n) is 3.89. The van der Waals surface area contributed by atoms with Crippen LogP contribution in [-0.4, -0.2) is 71.8 Å². The molecule has 1 aliphatic heterocycles. The molecule has 7 nitrogen and oxygen atoms in total. The number of amides is 2. The van der Waals surface area contributed by atoms with Gasteiger partial charge >= 0.3 is 6.03 Å². The number of nitrogens with one attached hydrogen (secondary N) is 1. The predicted molar refractivity (Wildman–Crippen MR) is 135 cm³/mol. The summed E-state index contributed by atoms with van der Waals surface area (Å²) in [6.45, 7) is 19.2. The molecule has 7 heteroatoms. The molecule has 0 atom stereocenters. The van der Waals surface area contributed by atoms with Gasteiger partial charge in [0, 0.05) is 56.9 Å². The smallest absolute Gasteiger partial charge is 0.317 e. The number of anilines is 1. The lowest BCUT2D eigenvalue weighted by Crippen LogP contribution is -2.53. The van der Waals surface area contributed by atoms with E-state index in [4.69, 9.17) is 0 Å². The summed E-state index contributed by atoms with van der Waals surface area (Å²) in [5.74, 6) is 0.771. The second-order valence-corrected chi connectivity index (χ2v) is 9.30. The minimum atomic E-state index is -0.243. The van der Waals surface area contributed by atoms with Gasteiger partial charge in [0.15, 0.2) is 5.82 Å². The molecule has 32 heavy (non-hydrogen) atoms. The van der Waals surface area contributed by atoms with Gasteiger partial charge in [0.05, 0.1) is 5.70 Å². The highest BCUT2D eigenvalue weighted by Gasteiger charge is 2.29. The van der Waals surface area contributed by atoms with E-state index in [-0.39, 0.29) is 17.6 Å². The number of nitrogens with zero attached hydrogens (tertiary/aromatic N) is 5. The fraction of sp³-hybridized carbons (Fsp3) is 0.480. The molecule has 1 aromatic heterocycles. The quantitative estimate of drug-likeness (QED) is 0.645. The zero-order chi connectivity index (χ0) is 24.1. The fourth-order valence-corrected chi connectivity index (χ4v) is 3.89. The van der Waals surface area contributed by atoms with Crippen molar-refractivity contribution in [2.45, 2.75) is 45.2 Å². The molecular formula is C25H38N6O. The SMILES string of the molecule is C=C/C=C(/c1nnc(N(C)C2CCN(C(=O)NC(C)(C)C)CC2)c(C=C)c1C=C)N(C)C. The van der Waals surface area contributed by atoms with Gasteiger partial charge in [-0.05, 0) is 39.7 Å². The molecule has 0 unspecified atom stereocenters. The van der Waals surface area contributed by atoms with Crippen molar-refractivity contribution in [2.24, 2.45) is 0 Å². The molecule has 0 radical (unpaired) electrons. The number of allylic oxidation sites excluding steroid dienone is 2.